The maximum Gasteiger partial charge on any atom is 0.472 e. The molecule has 2 unspecified atom stereocenters. The summed E-state index contributed by atoms with van der Waals surface area (Å²) in [7, 11) is -4.71. The van der Waals surface area contributed by atoms with Gasteiger partial charge in [-0.1, -0.05) is 154 Å². The number of aliphatic hydroxyl groups excluding tert-OH is 3. The number of rotatable bonds is 39. The average Bonchev–Trinajstić information content (AvgIpc) is 3.26. The lowest BCUT2D eigenvalue weighted by atomic mass is 10.1. The second-order valence-corrected chi connectivity index (χ2v) is 15.6. The molecule has 62 heavy (non-hydrogen) atoms. The third kappa shape index (κ3) is 42.7. The Morgan fingerprint density at radius 3 is 1.52 bits per heavy atom. The summed E-state index contributed by atoms with van der Waals surface area (Å²) in [6.45, 7) is 1.80. The lowest BCUT2D eigenvalue weighted by Crippen LogP contribution is -2.30. The zero-order valence-corrected chi connectivity index (χ0v) is 38.3. The lowest BCUT2D eigenvalue weighted by molar-refractivity contribution is -0.161. The number of phosphoric acid groups is 1. The Bertz CT molecular complexity index is 1500. The summed E-state index contributed by atoms with van der Waals surface area (Å²) >= 11 is 0. The first kappa shape index (κ1) is 58.1. The van der Waals surface area contributed by atoms with Gasteiger partial charge < -0.3 is 29.7 Å². The third-order valence-electron chi connectivity index (χ3n) is 8.42. The van der Waals surface area contributed by atoms with E-state index in [2.05, 4.69) is 128 Å². The van der Waals surface area contributed by atoms with Gasteiger partial charge in [0.15, 0.2) is 6.10 Å². The Morgan fingerprint density at radius 2 is 1.02 bits per heavy atom. The van der Waals surface area contributed by atoms with Gasteiger partial charge in [0, 0.05) is 12.8 Å². The number of carbonyl (C=O) groups is 2. The van der Waals surface area contributed by atoms with Crippen LogP contribution in [-0.4, -0.2) is 76.9 Å². The number of esters is 2. The number of hydrogen-bond donors (Lipinski definition) is 4. The van der Waals surface area contributed by atoms with E-state index in [9.17, 15) is 29.3 Å². The summed E-state index contributed by atoms with van der Waals surface area (Å²) in [4.78, 5) is 35.1. The summed E-state index contributed by atoms with van der Waals surface area (Å²) in [6.07, 6.45) is 54.6. The summed E-state index contributed by atoms with van der Waals surface area (Å²) < 4.78 is 32.5. The largest absolute Gasteiger partial charge is 0.472 e. The first-order valence-electron chi connectivity index (χ1n) is 22.3. The van der Waals surface area contributed by atoms with Crippen molar-refractivity contribution < 1.29 is 52.9 Å². The van der Waals surface area contributed by atoms with Crippen molar-refractivity contribution in [3.63, 3.8) is 0 Å². The van der Waals surface area contributed by atoms with E-state index in [4.69, 9.17) is 19.1 Å². The van der Waals surface area contributed by atoms with Crippen LogP contribution in [0.15, 0.2) is 134 Å². The first-order chi connectivity index (χ1) is 30.1. The lowest BCUT2D eigenvalue weighted by Gasteiger charge is -2.20. The molecule has 12 heteroatoms. The van der Waals surface area contributed by atoms with Crippen LogP contribution in [0.5, 0.6) is 0 Å². The molecule has 0 saturated carbocycles. The molecular formula is C50H77O11P. The molecule has 0 aromatic carbocycles. The van der Waals surface area contributed by atoms with E-state index < -0.39 is 64.5 Å². The van der Waals surface area contributed by atoms with Crippen LogP contribution >= 0.6 is 7.82 Å². The predicted molar refractivity (Wildman–Crippen MR) is 252 cm³/mol. The van der Waals surface area contributed by atoms with Gasteiger partial charge in [-0.15, -0.1) is 0 Å². The van der Waals surface area contributed by atoms with Crippen molar-refractivity contribution in [2.45, 2.75) is 141 Å². The number of phosphoric ester groups is 1. The number of hydrogen-bond acceptors (Lipinski definition) is 10. The Morgan fingerprint density at radius 1 is 0.548 bits per heavy atom. The van der Waals surface area contributed by atoms with Crippen molar-refractivity contribution in [3.05, 3.63) is 134 Å². The van der Waals surface area contributed by atoms with Crippen molar-refractivity contribution in [1.29, 1.82) is 0 Å². The molecule has 0 aromatic heterocycles. The monoisotopic (exact) mass is 885 g/mol. The van der Waals surface area contributed by atoms with E-state index in [1.54, 1.807) is 12.2 Å². The van der Waals surface area contributed by atoms with Crippen LogP contribution in [0.3, 0.4) is 0 Å². The van der Waals surface area contributed by atoms with Gasteiger partial charge in [0.1, 0.15) is 12.7 Å². The molecule has 0 fully saturated rings. The van der Waals surface area contributed by atoms with E-state index in [0.717, 1.165) is 83.5 Å². The molecule has 0 rings (SSSR count). The molecule has 0 heterocycles. The number of carbonyl (C=O) groups excluding carboxylic acids is 2. The summed E-state index contributed by atoms with van der Waals surface area (Å²) in [5, 5.41) is 28.7. The molecular weight excluding hydrogens is 808 g/mol. The van der Waals surface area contributed by atoms with Crippen molar-refractivity contribution in [2.24, 2.45) is 0 Å². The molecule has 0 aliphatic rings. The highest BCUT2D eigenvalue weighted by Crippen LogP contribution is 2.43. The van der Waals surface area contributed by atoms with Crippen molar-refractivity contribution in [2.75, 3.05) is 26.4 Å². The smallest absolute Gasteiger partial charge is 0.462 e. The normalized spacial score (nSPS) is 15.5. The number of unbranched alkanes of at least 4 members (excludes halogenated alkanes) is 3. The molecule has 0 aliphatic heterocycles. The highest BCUT2D eigenvalue weighted by Gasteiger charge is 2.27. The van der Waals surface area contributed by atoms with E-state index >= 15 is 0 Å². The van der Waals surface area contributed by atoms with E-state index in [1.807, 2.05) is 12.2 Å². The minimum Gasteiger partial charge on any atom is -0.462 e. The van der Waals surface area contributed by atoms with Gasteiger partial charge >= 0.3 is 19.8 Å². The van der Waals surface area contributed by atoms with Gasteiger partial charge in [0.2, 0.25) is 0 Å². The van der Waals surface area contributed by atoms with Crippen LogP contribution < -0.4 is 0 Å². The molecule has 0 aromatic rings. The van der Waals surface area contributed by atoms with Gasteiger partial charge in [0.25, 0.3) is 0 Å². The maximum absolute atomic E-state index is 12.6. The van der Waals surface area contributed by atoms with Gasteiger partial charge in [-0.05, 0) is 89.9 Å². The fourth-order valence-corrected chi connectivity index (χ4v) is 5.80. The fourth-order valence-electron chi connectivity index (χ4n) is 5.01. The number of allylic oxidation sites excluding steroid dienone is 21. The second-order valence-electron chi connectivity index (χ2n) is 14.2. The van der Waals surface area contributed by atoms with Crippen molar-refractivity contribution in [1.82, 2.24) is 0 Å². The molecule has 4 N–H and O–H groups in total. The Balaban J connectivity index is 4.61. The van der Waals surface area contributed by atoms with Gasteiger partial charge in [-0.3, -0.25) is 18.6 Å². The second kappa shape index (κ2) is 43.7. The zero-order valence-electron chi connectivity index (χ0n) is 37.4. The summed E-state index contributed by atoms with van der Waals surface area (Å²) in [5.74, 6) is -1.26. The minimum atomic E-state index is -4.71. The molecule has 0 radical (unpaired) electrons. The van der Waals surface area contributed by atoms with Crippen LogP contribution in [0, 0.1) is 0 Å². The quantitative estimate of drug-likeness (QED) is 0.0152. The van der Waals surface area contributed by atoms with Crippen LogP contribution in [0.25, 0.3) is 0 Å². The molecule has 348 valence electrons. The molecule has 0 amide bonds. The molecule has 0 aliphatic carbocycles. The standard InChI is InChI=1S/C50H77O11P/c1-3-5-7-9-11-13-15-17-19-21-22-23-25-27-29-31-33-35-37-39-49(54)58-44-48(45-60-62(56,57)59-43-47(53)42-51)61-50(55)41-40-46(52)38-36-34-32-30-28-26-24-20-18-16-14-12-10-8-6-4-2/h5-8,11-14,17-20,22-23,26-29,32,34,36,38,46-48,51-53H,3-4,9-10,15-16,21,24-25,30-31,33,35,37,39-45H2,1-2H3,(H,56,57)/b7-5-,8-6-,13-11-,14-12-,19-17-,20-18-,23-22-,28-26-,29-27-,34-32-,38-36-/t46?,47-,48+/m0/s1. The highest BCUT2D eigenvalue weighted by atomic mass is 31.2. The van der Waals surface area contributed by atoms with E-state index in [-0.39, 0.29) is 19.3 Å². The molecule has 0 spiro atoms. The topological polar surface area (TPSA) is 169 Å². The predicted octanol–water partition coefficient (Wildman–Crippen LogP) is 11.1. The molecule has 0 saturated heterocycles. The SMILES string of the molecule is CC/C=C\C/C=C\C/C=C\C/C=C\C/C=C\C=C/C(O)CCC(=O)O[C@H](COC(=O)CCCCC/C=C\C/C=C\C/C=C\C/C=C\C/C=C\CC)COP(=O)(O)OC[C@@H](O)CO. The molecule has 11 nitrogen and oxygen atoms in total. The van der Waals surface area contributed by atoms with E-state index in [0.29, 0.717) is 6.42 Å². The zero-order chi connectivity index (χ0) is 45.6. The van der Waals surface area contributed by atoms with Crippen LogP contribution in [0.1, 0.15) is 123 Å². The Kier molecular flexibility index (Phi) is 40.9. The van der Waals surface area contributed by atoms with Gasteiger partial charge in [0.05, 0.1) is 25.9 Å². The summed E-state index contributed by atoms with van der Waals surface area (Å²) in [5.41, 5.74) is 0. The maximum atomic E-state index is 12.6. The van der Waals surface area contributed by atoms with Crippen molar-refractivity contribution in [3.8, 4) is 0 Å². The Hall–Kier alpha value is -3.93. The average molecular weight is 885 g/mol. The first-order valence-corrected chi connectivity index (χ1v) is 23.7. The van der Waals surface area contributed by atoms with Crippen LogP contribution in [0.2, 0.25) is 0 Å². The molecule has 0 bridgehead atoms. The minimum absolute atomic E-state index is 0.0493. The number of aliphatic hydroxyl groups is 3. The highest BCUT2D eigenvalue weighted by molar-refractivity contribution is 7.47. The summed E-state index contributed by atoms with van der Waals surface area (Å²) in [6, 6.07) is 0. The van der Waals surface area contributed by atoms with Crippen molar-refractivity contribution >= 4 is 19.8 Å². The van der Waals surface area contributed by atoms with Gasteiger partial charge in [-0.25, -0.2) is 4.57 Å². The third-order valence-corrected chi connectivity index (χ3v) is 9.37. The van der Waals surface area contributed by atoms with Gasteiger partial charge in [-0.2, -0.15) is 0 Å². The van der Waals surface area contributed by atoms with Crippen LogP contribution in [0.4, 0.5) is 0 Å². The fraction of sp³-hybridized carbons (Fsp3) is 0.520. The van der Waals surface area contributed by atoms with Crippen LogP contribution in [-0.2, 0) is 32.7 Å². The Labute approximate surface area is 373 Å². The van der Waals surface area contributed by atoms with E-state index in [1.165, 1.54) is 0 Å². The number of ether oxygens (including phenoxy) is 2. The molecule has 4 atom stereocenters.